The maximum atomic E-state index is 12.5. The number of alkyl halides is 3. The van der Waals surface area contributed by atoms with E-state index in [0.29, 0.717) is 6.61 Å². The van der Waals surface area contributed by atoms with Crippen LogP contribution in [0.25, 0.3) is 0 Å². The molecule has 110 valence electrons. The summed E-state index contributed by atoms with van der Waals surface area (Å²) in [5.41, 5.74) is -0.905. The molecular formula is C15H18F3NO. The normalized spacial score (nSPS) is 11.2. The van der Waals surface area contributed by atoms with Crippen LogP contribution in [0.5, 0.6) is 5.75 Å². The number of ether oxygens (including phenoxy) is 1. The number of hydrogen-bond donors (Lipinski definition) is 0. The molecule has 20 heavy (non-hydrogen) atoms. The molecule has 1 aromatic carbocycles. The number of halogens is 3. The molecule has 0 bridgehead atoms. The number of nitrogens with zero attached hydrogens (tertiary/aromatic N) is 1. The Hall–Kier alpha value is -1.70. The van der Waals surface area contributed by atoms with Crippen molar-refractivity contribution >= 4 is 0 Å². The van der Waals surface area contributed by atoms with Gasteiger partial charge in [0.1, 0.15) is 11.8 Å². The molecule has 0 atom stereocenters. The van der Waals surface area contributed by atoms with E-state index in [1.54, 1.807) is 6.07 Å². The van der Waals surface area contributed by atoms with Crippen molar-refractivity contribution in [1.82, 2.24) is 0 Å². The topological polar surface area (TPSA) is 33.0 Å². The Labute approximate surface area is 117 Å². The molecule has 0 N–H and O–H groups in total. The predicted molar refractivity (Wildman–Crippen MR) is 70.4 cm³/mol. The van der Waals surface area contributed by atoms with E-state index >= 15 is 0 Å². The van der Waals surface area contributed by atoms with Crippen LogP contribution < -0.4 is 4.74 Å². The van der Waals surface area contributed by atoms with Gasteiger partial charge >= 0.3 is 6.18 Å². The van der Waals surface area contributed by atoms with E-state index < -0.39 is 11.7 Å². The lowest BCUT2D eigenvalue weighted by Gasteiger charge is -2.11. The van der Waals surface area contributed by atoms with Crippen molar-refractivity contribution in [3.63, 3.8) is 0 Å². The quantitative estimate of drug-likeness (QED) is 0.666. The second-order valence-corrected chi connectivity index (χ2v) is 4.58. The maximum absolute atomic E-state index is 12.5. The van der Waals surface area contributed by atoms with E-state index in [-0.39, 0.29) is 11.3 Å². The smallest absolute Gasteiger partial charge is 0.416 e. The third kappa shape index (κ3) is 5.12. The monoisotopic (exact) mass is 285 g/mol. The van der Waals surface area contributed by atoms with Crippen LogP contribution in [0, 0.1) is 11.3 Å². The van der Waals surface area contributed by atoms with Crippen LogP contribution in [-0.2, 0) is 6.18 Å². The van der Waals surface area contributed by atoms with Crippen molar-refractivity contribution in [2.24, 2.45) is 0 Å². The molecule has 0 amide bonds. The molecule has 1 aromatic rings. The summed E-state index contributed by atoms with van der Waals surface area (Å²) in [7, 11) is 0. The molecule has 0 saturated carbocycles. The number of unbranched alkanes of at least 4 members (excludes halogenated alkanes) is 4. The van der Waals surface area contributed by atoms with Crippen LogP contribution in [0.1, 0.15) is 50.2 Å². The summed E-state index contributed by atoms with van der Waals surface area (Å²) in [4.78, 5) is 0. The first-order valence-electron chi connectivity index (χ1n) is 6.73. The van der Waals surface area contributed by atoms with Crippen LogP contribution >= 0.6 is 0 Å². The first-order chi connectivity index (χ1) is 9.49. The van der Waals surface area contributed by atoms with Crippen molar-refractivity contribution in [2.75, 3.05) is 6.61 Å². The zero-order chi connectivity index (χ0) is 15.0. The SMILES string of the molecule is CCCCCCCOc1ccc(C(F)(F)F)cc1C#N. The number of benzene rings is 1. The molecule has 2 nitrogen and oxygen atoms in total. The van der Waals surface area contributed by atoms with Gasteiger partial charge in [-0.05, 0) is 24.6 Å². The second-order valence-electron chi connectivity index (χ2n) is 4.58. The van der Waals surface area contributed by atoms with E-state index in [9.17, 15) is 13.2 Å². The molecule has 0 aliphatic rings. The Morgan fingerprint density at radius 1 is 1.15 bits per heavy atom. The standard InChI is InChI=1S/C15H18F3NO/c1-2-3-4-5-6-9-20-14-8-7-13(15(16,17)18)10-12(14)11-19/h7-8,10H,2-6,9H2,1H3. The number of nitriles is 1. The van der Waals surface area contributed by atoms with Gasteiger partial charge in [-0.2, -0.15) is 18.4 Å². The zero-order valence-electron chi connectivity index (χ0n) is 11.5. The van der Waals surface area contributed by atoms with Crippen molar-refractivity contribution in [3.05, 3.63) is 29.3 Å². The molecule has 0 saturated heterocycles. The van der Waals surface area contributed by atoms with Crippen LogP contribution in [0.15, 0.2) is 18.2 Å². The Morgan fingerprint density at radius 3 is 2.45 bits per heavy atom. The molecular weight excluding hydrogens is 267 g/mol. The Kier molecular flexibility index (Phi) is 6.37. The first-order valence-corrected chi connectivity index (χ1v) is 6.73. The van der Waals surface area contributed by atoms with Gasteiger partial charge in [-0.25, -0.2) is 0 Å². The summed E-state index contributed by atoms with van der Waals surface area (Å²) in [5, 5.41) is 8.88. The highest BCUT2D eigenvalue weighted by molar-refractivity contribution is 5.46. The average molecular weight is 285 g/mol. The van der Waals surface area contributed by atoms with E-state index in [4.69, 9.17) is 10.00 Å². The van der Waals surface area contributed by atoms with Crippen molar-refractivity contribution in [3.8, 4) is 11.8 Å². The van der Waals surface area contributed by atoms with Crippen LogP contribution in [0.3, 0.4) is 0 Å². The third-order valence-electron chi connectivity index (χ3n) is 2.93. The van der Waals surface area contributed by atoms with E-state index in [1.165, 1.54) is 12.5 Å². The van der Waals surface area contributed by atoms with Crippen LogP contribution in [0.4, 0.5) is 13.2 Å². The molecule has 1 rings (SSSR count). The lowest BCUT2D eigenvalue weighted by molar-refractivity contribution is -0.137. The fraction of sp³-hybridized carbons (Fsp3) is 0.533. The van der Waals surface area contributed by atoms with Crippen molar-refractivity contribution < 1.29 is 17.9 Å². The molecule has 0 unspecified atom stereocenters. The second kappa shape index (κ2) is 7.78. The van der Waals surface area contributed by atoms with Crippen molar-refractivity contribution in [1.29, 1.82) is 5.26 Å². The fourth-order valence-corrected chi connectivity index (χ4v) is 1.81. The molecule has 0 aromatic heterocycles. The molecule has 5 heteroatoms. The van der Waals surface area contributed by atoms with Crippen molar-refractivity contribution in [2.45, 2.75) is 45.2 Å². The van der Waals surface area contributed by atoms with Gasteiger partial charge in [-0.3, -0.25) is 0 Å². The van der Waals surface area contributed by atoms with Crippen LogP contribution in [0.2, 0.25) is 0 Å². The van der Waals surface area contributed by atoms with Gasteiger partial charge in [0.15, 0.2) is 0 Å². The minimum absolute atomic E-state index is 0.0756. The van der Waals surface area contributed by atoms with Gasteiger partial charge in [0.2, 0.25) is 0 Å². The Bertz CT molecular complexity index is 463. The highest BCUT2D eigenvalue weighted by atomic mass is 19.4. The van der Waals surface area contributed by atoms with Gasteiger partial charge in [-0.1, -0.05) is 32.6 Å². The summed E-state index contributed by atoms with van der Waals surface area (Å²) in [6.07, 6.45) is 0.868. The predicted octanol–water partition coefficient (Wildman–Crippen LogP) is 4.93. The largest absolute Gasteiger partial charge is 0.492 e. The van der Waals surface area contributed by atoms with E-state index in [1.807, 2.05) is 0 Å². The summed E-state index contributed by atoms with van der Waals surface area (Å²) in [6.45, 7) is 2.54. The molecule has 0 heterocycles. The average Bonchev–Trinajstić information content (AvgIpc) is 2.41. The third-order valence-corrected chi connectivity index (χ3v) is 2.93. The summed E-state index contributed by atoms with van der Waals surface area (Å²) in [5.74, 6) is 0.219. The molecule has 0 aliphatic carbocycles. The lowest BCUT2D eigenvalue weighted by atomic mass is 10.1. The summed E-state index contributed by atoms with van der Waals surface area (Å²) >= 11 is 0. The van der Waals surface area contributed by atoms with Gasteiger partial charge in [0.05, 0.1) is 17.7 Å². The highest BCUT2D eigenvalue weighted by Gasteiger charge is 2.31. The van der Waals surface area contributed by atoms with Gasteiger partial charge in [0, 0.05) is 0 Å². The first kappa shape index (κ1) is 16.4. The van der Waals surface area contributed by atoms with Gasteiger partial charge < -0.3 is 4.74 Å². The molecule has 0 spiro atoms. The van der Waals surface area contributed by atoms with E-state index in [2.05, 4.69) is 6.92 Å². The zero-order valence-corrected chi connectivity index (χ0v) is 11.5. The van der Waals surface area contributed by atoms with Crippen LogP contribution in [-0.4, -0.2) is 6.61 Å². The minimum Gasteiger partial charge on any atom is -0.492 e. The summed E-state index contributed by atoms with van der Waals surface area (Å²) < 4.78 is 42.9. The summed E-state index contributed by atoms with van der Waals surface area (Å²) in [6, 6.07) is 4.72. The van der Waals surface area contributed by atoms with Gasteiger partial charge in [-0.15, -0.1) is 0 Å². The molecule has 0 fully saturated rings. The van der Waals surface area contributed by atoms with Gasteiger partial charge in [0.25, 0.3) is 0 Å². The fourth-order valence-electron chi connectivity index (χ4n) is 1.81. The lowest BCUT2D eigenvalue weighted by Crippen LogP contribution is -2.06. The molecule has 0 radical (unpaired) electrons. The van der Waals surface area contributed by atoms with E-state index in [0.717, 1.165) is 37.8 Å². The Balaban J connectivity index is 2.56. The maximum Gasteiger partial charge on any atom is 0.416 e. The molecule has 0 aliphatic heterocycles. The number of rotatable bonds is 7. The highest BCUT2D eigenvalue weighted by Crippen LogP contribution is 2.32. The minimum atomic E-state index is -4.44. The number of hydrogen-bond acceptors (Lipinski definition) is 2. The Morgan fingerprint density at radius 2 is 1.85 bits per heavy atom.